The van der Waals surface area contributed by atoms with Crippen molar-refractivity contribution >= 4 is 21.4 Å². The average Bonchev–Trinajstić information content (AvgIpc) is 2.73. The van der Waals surface area contributed by atoms with Gasteiger partial charge in [0.25, 0.3) is 0 Å². The molecule has 0 aliphatic carbocycles. The van der Waals surface area contributed by atoms with Crippen LogP contribution in [0.2, 0.25) is 0 Å². The van der Waals surface area contributed by atoms with Gasteiger partial charge in [0, 0.05) is 11.3 Å². The van der Waals surface area contributed by atoms with Crippen LogP contribution in [0.1, 0.15) is 12.5 Å². The highest BCUT2D eigenvalue weighted by molar-refractivity contribution is 7.91. The van der Waals surface area contributed by atoms with Gasteiger partial charge in [0.15, 0.2) is 9.84 Å². The van der Waals surface area contributed by atoms with Crippen LogP contribution in [0.4, 0.5) is 27.6 Å². The minimum Gasteiger partial charge on any atom is -0.405 e. The molecule has 34 heavy (non-hydrogen) atoms. The molecule has 0 aliphatic heterocycles. The van der Waals surface area contributed by atoms with E-state index in [1.165, 1.54) is 43.3 Å². The van der Waals surface area contributed by atoms with Gasteiger partial charge in [-0.05, 0) is 35.9 Å². The van der Waals surface area contributed by atoms with Gasteiger partial charge in [0.2, 0.25) is 5.91 Å². The predicted molar refractivity (Wildman–Crippen MR) is 115 cm³/mol. The van der Waals surface area contributed by atoms with E-state index in [2.05, 4.69) is 10.1 Å². The molecule has 0 radical (unpaired) electrons. The summed E-state index contributed by atoms with van der Waals surface area (Å²) in [6, 6.07) is 11.7. The number of hydrogen-bond donors (Lipinski definition) is 1. The van der Waals surface area contributed by atoms with Crippen molar-refractivity contribution in [3.63, 3.8) is 0 Å². The molecule has 0 aromatic heterocycles. The van der Waals surface area contributed by atoms with Gasteiger partial charge in [-0.1, -0.05) is 37.3 Å². The zero-order valence-corrected chi connectivity index (χ0v) is 18.4. The number of nitrogens with one attached hydrogen (secondary N) is 1. The molecule has 0 atom stereocenters. The molecule has 0 bridgehead atoms. The minimum atomic E-state index is -5.06. The van der Waals surface area contributed by atoms with Crippen LogP contribution in [-0.2, 0) is 21.1 Å². The number of sulfone groups is 1. The topological polar surface area (TPSA) is 72.5 Å². The van der Waals surface area contributed by atoms with E-state index in [1.54, 1.807) is 0 Å². The molecule has 3 aromatic carbocycles. The maximum atomic E-state index is 14.7. The second-order valence-electron chi connectivity index (χ2n) is 7.13. The van der Waals surface area contributed by atoms with Crippen LogP contribution in [0.25, 0.3) is 11.1 Å². The fraction of sp³-hybridized carbons (Fsp3) is 0.174. The Hall–Kier alpha value is -3.47. The van der Waals surface area contributed by atoms with Gasteiger partial charge < -0.3 is 10.1 Å². The number of para-hydroxylation sites is 1. The van der Waals surface area contributed by atoms with E-state index in [1.807, 2.05) is 0 Å². The second-order valence-corrected chi connectivity index (χ2v) is 9.41. The Balaban J connectivity index is 1.79. The Kier molecular flexibility index (Phi) is 7.25. The first-order valence-electron chi connectivity index (χ1n) is 9.85. The molecule has 11 heteroatoms. The third-order valence-electron chi connectivity index (χ3n) is 4.74. The molecule has 0 heterocycles. The SMILES string of the molecule is CCS(=O)(=O)c1ccc(CC(=O)Nc2cc(F)c(-c3ccccc3OC(F)(F)F)c(F)c2)cc1. The lowest BCUT2D eigenvalue weighted by Crippen LogP contribution is -2.18. The molecular formula is C23H18F5NO4S. The molecule has 3 aromatic rings. The fourth-order valence-corrected chi connectivity index (χ4v) is 4.05. The van der Waals surface area contributed by atoms with Gasteiger partial charge in [-0.15, -0.1) is 13.2 Å². The zero-order chi connectivity index (χ0) is 25.1. The van der Waals surface area contributed by atoms with Crippen LogP contribution in [-0.4, -0.2) is 26.4 Å². The molecule has 3 rings (SSSR count). The number of amides is 1. The molecule has 180 valence electrons. The van der Waals surface area contributed by atoms with Crippen molar-refractivity contribution in [1.29, 1.82) is 0 Å². The Morgan fingerprint density at radius 2 is 1.56 bits per heavy atom. The third-order valence-corrected chi connectivity index (χ3v) is 6.49. The molecule has 5 nitrogen and oxygen atoms in total. The molecule has 0 spiro atoms. The first kappa shape index (κ1) is 25.2. The Labute approximate surface area is 192 Å². The summed E-state index contributed by atoms with van der Waals surface area (Å²) in [7, 11) is -3.40. The van der Waals surface area contributed by atoms with Gasteiger partial charge >= 0.3 is 6.36 Å². The molecule has 0 fully saturated rings. The summed E-state index contributed by atoms with van der Waals surface area (Å²) in [5, 5.41) is 2.31. The van der Waals surface area contributed by atoms with Gasteiger partial charge in [0.1, 0.15) is 17.4 Å². The smallest absolute Gasteiger partial charge is 0.405 e. The summed E-state index contributed by atoms with van der Waals surface area (Å²) in [5.41, 5.74) is -0.980. The molecule has 0 saturated heterocycles. The van der Waals surface area contributed by atoms with E-state index < -0.39 is 50.6 Å². The van der Waals surface area contributed by atoms with Crippen LogP contribution in [0.5, 0.6) is 5.75 Å². The van der Waals surface area contributed by atoms with Crippen LogP contribution < -0.4 is 10.1 Å². The van der Waals surface area contributed by atoms with E-state index in [9.17, 15) is 35.2 Å². The third kappa shape index (κ3) is 6.10. The average molecular weight is 499 g/mol. The highest BCUT2D eigenvalue weighted by Crippen LogP contribution is 2.37. The van der Waals surface area contributed by atoms with E-state index in [4.69, 9.17) is 0 Å². The summed E-state index contributed by atoms with van der Waals surface area (Å²) in [6.45, 7) is 1.50. The van der Waals surface area contributed by atoms with Crippen LogP contribution in [0, 0.1) is 11.6 Å². The minimum absolute atomic E-state index is 0.0766. The molecule has 1 N–H and O–H groups in total. The summed E-state index contributed by atoms with van der Waals surface area (Å²) >= 11 is 0. The van der Waals surface area contributed by atoms with Crippen LogP contribution >= 0.6 is 0 Å². The number of halogens is 5. The number of carbonyl (C=O) groups excluding carboxylic acids is 1. The van der Waals surface area contributed by atoms with Crippen molar-refractivity contribution < 1.29 is 39.9 Å². The maximum Gasteiger partial charge on any atom is 0.573 e. The van der Waals surface area contributed by atoms with Crippen molar-refractivity contribution in [1.82, 2.24) is 0 Å². The van der Waals surface area contributed by atoms with Crippen molar-refractivity contribution in [2.75, 3.05) is 11.1 Å². The first-order chi connectivity index (χ1) is 15.9. The van der Waals surface area contributed by atoms with Crippen molar-refractivity contribution in [3.05, 3.63) is 77.9 Å². The fourth-order valence-electron chi connectivity index (χ4n) is 3.16. The summed E-state index contributed by atoms with van der Waals surface area (Å²) in [6.07, 6.45) is -5.27. The Morgan fingerprint density at radius 1 is 0.971 bits per heavy atom. The normalized spacial score (nSPS) is 11.8. The van der Waals surface area contributed by atoms with Gasteiger partial charge in [-0.25, -0.2) is 17.2 Å². The molecule has 0 saturated carbocycles. The molecular weight excluding hydrogens is 481 g/mol. The number of anilines is 1. The number of ether oxygens (including phenoxy) is 1. The lowest BCUT2D eigenvalue weighted by atomic mass is 10.0. The molecule has 1 amide bonds. The van der Waals surface area contributed by atoms with Crippen LogP contribution in [0.15, 0.2) is 65.6 Å². The lowest BCUT2D eigenvalue weighted by molar-refractivity contribution is -0.274. The van der Waals surface area contributed by atoms with E-state index in [0.717, 1.165) is 24.3 Å². The summed E-state index contributed by atoms with van der Waals surface area (Å²) < 4.78 is 94.8. The number of rotatable bonds is 7. The number of hydrogen-bond acceptors (Lipinski definition) is 4. The lowest BCUT2D eigenvalue weighted by Gasteiger charge is -2.15. The van der Waals surface area contributed by atoms with Crippen molar-refractivity contribution in [2.45, 2.75) is 24.6 Å². The quantitative estimate of drug-likeness (QED) is 0.436. The van der Waals surface area contributed by atoms with E-state index in [-0.39, 0.29) is 22.8 Å². The zero-order valence-electron chi connectivity index (χ0n) is 17.6. The summed E-state index contributed by atoms with van der Waals surface area (Å²) in [4.78, 5) is 12.4. The number of benzene rings is 3. The van der Waals surface area contributed by atoms with Gasteiger partial charge in [-0.3, -0.25) is 4.79 Å². The molecule has 0 aliphatic rings. The highest BCUT2D eigenvalue weighted by atomic mass is 32.2. The van der Waals surface area contributed by atoms with E-state index >= 15 is 0 Å². The predicted octanol–water partition coefficient (Wildman–Crippen LogP) is 5.51. The van der Waals surface area contributed by atoms with Crippen molar-refractivity contribution in [2.24, 2.45) is 0 Å². The monoisotopic (exact) mass is 499 g/mol. The van der Waals surface area contributed by atoms with Gasteiger partial charge in [-0.2, -0.15) is 0 Å². The second kappa shape index (κ2) is 9.80. The Bertz CT molecular complexity index is 1280. The van der Waals surface area contributed by atoms with Crippen molar-refractivity contribution in [3.8, 4) is 16.9 Å². The van der Waals surface area contributed by atoms with Crippen LogP contribution in [0.3, 0.4) is 0 Å². The largest absolute Gasteiger partial charge is 0.573 e. The van der Waals surface area contributed by atoms with E-state index in [0.29, 0.717) is 5.56 Å². The van der Waals surface area contributed by atoms with Gasteiger partial charge in [0.05, 0.1) is 22.6 Å². The maximum absolute atomic E-state index is 14.7. The highest BCUT2D eigenvalue weighted by Gasteiger charge is 2.33. The Morgan fingerprint density at radius 3 is 2.12 bits per heavy atom. The number of carbonyl (C=O) groups is 1. The summed E-state index contributed by atoms with van der Waals surface area (Å²) in [5.74, 6) is -3.91. The first-order valence-corrected chi connectivity index (χ1v) is 11.5. The molecule has 0 unspecified atom stereocenters. The standard InChI is InChI=1S/C23H18F5NO4S/c1-2-34(31,32)16-9-7-14(8-10-16)11-21(30)29-15-12-18(24)22(19(25)13-15)17-5-3-4-6-20(17)33-23(26,27)28/h3-10,12-13H,2,11H2,1H3,(H,29,30). The number of alkyl halides is 3.